The molecule has 1 unspecified atom stereocenters. The quantitative estimate of drug-likeness (QED) is 0.859. The molecule has 0 amide bonds. The van der Waals surface area contributed by atoms with Gasteiger partial charge in [0.1, 0.15) is 0 Å². The molecule has 1 aliphatic rings. The minimum absolute atomic E-state index is 0.273. The summed E-state index contributed by atoms with van der Waals surface area (Å²) in [6.07, 6.45) is 1.74. The van der Waals surface area contributed by atoms with Crippen LogP contribution in [0.4, 0.5) is 0 Å². The Labute approximate surface area is 99.9 Å². The first-order chi connectivity index (χ1) is 6.99. The molecule has 1 fully saturated rings. The van der Waals surface area contributed by atoms with Gasteiger partial charge in [0, 0.05) is 17.1 Å². The van der Waals surface area contributed by atoms with Crippen LogP contribution in [0.2, 0.25) is 0 Å². The van der Waals surface area contributed by atoms with Crippen LogP contribution in [0.5, 0.6) is 0 Å². The number of hydrogen-bond acceptors (Lipinski definition) is 3. The third-order valence-corrected chi connectivity index (χ3v) is 5.36. The first-order valence-corrected chi connectivity index (χ1v) is 7.35. The van der Waals surface area contributed by atoms with Crippen molar-refractivity contribution in [3.63, 3.8) is 0 Å². The Hall–Kier alpha value is 0.01000. The zero-order valence-corrected chi connectivity index (χ0v) is 11.0. The Kier molecular flexibility index (Phi) is 3.15. The number of thioether (sulfide) groups is 1. The van der Waals surface area contributed by atoms with Gasteiger partial charge in [0.15, 0.2) is 0 Å². The molecule has 0 aromatic carbocycles. The van der Waals surface area contributed by atoms with E-state index in [-0.39, 0.29) is 5.41 Å². The van der Waals surface area contributed by atoms with Crippen molar-refractivity contribution in [2.75, 3.05) is 11.5 Å². The molecule has 1 aromatic heterocycles. The first kappa shape index (κ1) is 11.5. The van der Waals surface area contributed by atoms with E-state index in [2.05, 4.69) is 31.4 Å². The van der Waals surface area contributed by atoms with E-state index in [1.165, 1.54) is 10.6 Å². The van der Waals surface area contributed by atoms with Crippen LogP contribution in [0.25, 0.3) is 0 Å². The fourth-order valence-corrected chi connectivity index (χ4v) is 4.54. The number of rotatable bonds is 2. The van der Waals surface area contributed by atoms with Crippen LogP contribution < -0.4 is 0 Å². The topological polar surface area (TPSA) is 20.2 Å². The molecule has 1 N–H and O–H groups in total. The van der Waals surface area contributed by atoms with Gasteiger partial charge in [0.25, 0.3) is 0 Å². The molecule has 3 heteroatoms. The predicted octanol–water partition coefficient (Wildman–Crippen LogP) is 3.18. The molecule has 15 heavy (non-hydrogen) atoms. The van der Waals surface area contributed by atoms with E-state index in [0.717, 1.165) is 18.6 Å². The van der Waals surface area contributed by atoms with E-state index >= 15 is 0 Å². The van der Waals surface area contributed by atoms with Crippen molar-refractivity contribution in [1.82, 2.24) is 0 Å². The van der Waals surface area contributed by atoms with Crippen LogP contribution in [0.15, 0.2) is 17.5 Å². The van der Waals surface area contributed by atoms with Crippen LogP contribution in [0.3, 0.4) is 0 Å². The molecular formula is C12H18OS2. The van der Waals surface area contributed by atoms with Crippen LogP contribution in [-0.4, -0.2) is 22.2 Å². The maximum atomic E-state index is 10.6. The molecule has 0 aliphatic carbocycles. The second-order valence-corrected chi connectivity index (χ2v) is 7.33. The maximum Gasteiger partial charge on any atom is 0.0791 e. The summed E-state index contributed by atoms with van der Waals surface area (Å²) in [4.78, 5) is 1.30. The van der Waals surface area contributed by atoms with Crippen molar-refractivity contribution < 1.29 is 5.11 Å². The lowest BCUT2D eigenvalue weighted by Crippen LogP contribution is -2.43. The number of hydrogen-bond donors (Lipinski definition) is 1. The van der Waals surface area contributed by atoms with Crippen molar-refractivity contribution in [2.24, 2.45) is 5.41 Å². The van der Waals surface area contributed by atoms with Gasteiger partial charge in [-0.3, -0.25) is 0 Å². The Balaban J connectivity index is 2.06. The number of thiophene rings is 1. The van der Waals surface area contributed by atoms with Crippen molar-refractivity contribution >= 4 is 23.1 Å². The minimum atomic E-state index is -0.489. The molecule has 1 saturated heterocycles. The second kappa shape index (κ2) is 4.11. The van der Waals surface area contributed by atoms with Gasteiger partial charge >= 0.3 is 0 Å². The average molecular weight is 242 g/mol. The van der Waals surface area contributed by atoms with Gasteiger partial charge in [-0.25, -0.2) is 0 Å². The molecule has 2 rings (SSSR count). The summed E-state index contributed by atoms with van der Waals surface area (Å²) in [6, 6.07) is 4.18. The Morgan fingerprint density at radius 2 is 2.20 bits per heavy atom. The monoisotopic (exact) mass is 242 g/mol. The fourth-order valence-electron chi connectivity index (χ4n) is 2.36. The van der Waals surface area contributed by atoms with E-state index in [9.17, 15) is 5.11 Å². The highest BCUT2D eigenvalue weighted by Crippen LogP contribution is 2.40. The summed E-state index contributed by atoms with van der Waals surface area (Å²) in [7, 11) is 0. The SMILES string of the molecule is CC1(C)CSCC(O)(Cc2cccs2)C1. The summed E-state index contributed by atoms with van der Waals surface area (Å²) in [5.74, 6) is 2.05. The van der Waals surface area contributed by atoms with Gasteiger partial charge < -0.3 is 5.11 Å². The number of aliphatic hydroxyl groups is 1. The van der Waals surface area contributed by atoms with E-state index in [1.54, 1.807) is 11.3 Å². The van der Waals surface area contributed by atoms with E-state index in [0.29, 0.717) is 0 Å². The van der Waals surface area contributed by atoms with E-state index in [4.69, 9.17) is 0 Å². The molecule has 1 aliphatic heterocycles. The molecule has 1 aromatic rings. The molecular weight excluding hydrogens is 224 g/mol. The first-order valence-electron chi connectivity index (χ1n) is 5.32. The zero-order chi connectivity index (χ0) is 10.9. The van der Waals surface area contributed by atoms with E-state index in [1.807, 2.05) is 11.8 Å². The van der Waals surface area contributed by atoms with Gasteiger partial charge in [-0.15, -0.1) is 11.3 Å². The summed E-state index contributed by atoms with van der Waals surface area (Å²) in [5.41, 5.74) is -0.216. The third kappa shape index (κ3) is 2.99. The lowest BCUT2D eigenvalue weighted by Gasteiger charge is -2.41. The normalized spacial score (nSPS) is 30.3. The third-order valence-electron chi connectivity index (χ3n) is 2.75. The van der Waals surface area contributed by atoms with Crippen LogP contribution in [-0.2, 0) is 6.42 Å². The Morgan fingerprint density at radius 1 is 1.40 bits per heavy atom. The average Bonchev–Trinajstić information content (AvgIpc) is 2.52. The van der Waals surface area contributed by atoms with Crippen LogP contribution >= 0.6 is 23.1 Å². The summed E-state index contributed by atoms with van der Waals surface area (Å²) < 4.78 is 0. The standard InChI is InChI=1S/C12H18OS2/c1-11(2)7-12(13,9-14-8-11)6-10-4-3-5-15-10/h3-5,13H,6-9H2,1-2H3. The summed E-state index contributed by atoms with van der Waals surface area (Å²) >= 11 is 3.63. The molecule has 0 spiro atoms. The largest absolute Gasteiger partial charge is 0.389 e. The van der Waals surface area contributed by atoms with Gasteiger partial charge in [0.05, 0.1) is 5.60 Å². The van der Waals surface area contributed by atoms with Crippen molar-refractivity contribution in [2.45, 2.75) is 32.3 Å². The maximum absolute atomic E-state index is 10.6. The molecule has 84 valence electrons. The van der Waals surface area contributed by atoms with Crippen molar-refractivity contribution in [3.05, 3.63) is 22.4 Å². The summed E-state index contributed by atoms with van der Waals surface area (Å²) in [5, 5.41) is 12.6. The minimum Gasteiger partial charge on any atom is -0.389 e. The molecule has 2 heterocycles. The van der Waals surface area contributed by atoms with Crippen LogP contribution in [0, 0.1) is 5.41 Å². The lowest BCUT2D eigenvalue weighted by atomic mass is 9.80. The smallest absolute Gasteiger partial charge is 0.0791 e. The fraction of sp³-hybridized carbons (Fsp3) is 0.667. The zero-order valence-electron chi connectivity index (χ0n) is 9.32. The molecule has 1 nitrogen and oxygen atoms in total. The summed E-state index contributed by atoms with van der Waals surface area (Å²) in [6.45, 7) is 4.50. The van der Waals surface area contributed by atoms with Gasteiger partial charge in [-0.2, -0.15) is 11.8 Å². The van der Waals surface area contributed by atoms with Crippen molar-refractivity contribution in [3.8, 4) is 0 Å². The predicted molar refractivity (Wildman–Crippen MR) is 68.7 cm³/mol. The molecule has 0 saturated carbocycles. The van der Waals surface area contributed by atoms with Crippen molar-refractivity contribution in [1.29, 1.82) is 0 Å². The highest BCUT2D eigenvalue weighted by Gasteiger charge is 2.39. The van der Waals surface area contributed by atoms with Gasteiger partial charge in [-0.05, 0) is 29.0 Å². The Morgan fingerprint density at radius 3 is 2.80 bits per heavy atom. The molecule has 0 radical (unpaired) electrons. The molecule has 1 atom stereocenters. The van der Waals surface area contributed by atoms with Crippen LogP contribution in [0.1, 0.15) is 25.1 Å². The van der Waals surface area contributed by atoms with Gasteiger partial charge in [-0.1, -0.05) is 19.9 Å². The van der Waals surface area contributed by atoms with Gasteiger partial charge in [0.2, 0.25) is 0 Å². The second-order valence-electron chi connectivity index (χ2n) is 5.31. The molecule has 0 bridgehead atoms. The van der Waals surface area contributed by atoms with E-state index < -0.39 is 5.60 Å². The highest BCUT2D eigenvalue weighted by atomic mass is 32.2. The highest BCUT2D eigenvalue weighted by molar-refractivity contribution is 7.99. The lowest BCUT2D eigenvalue weighted by molar-refractivity contribution is 0.0207. The Bertz CT molecular complexity index is 318.